The highest BCUT2D eigenvalue weighted by atomic mass is 16.5. The Balaban J connectivity index is 3.67. The lowest BCUT2D eigenvalue weighted by molar-refractivity contribution is -0.143. The van der Waals surface area contributed by atoms with Crippen LogP contribution in [0.1, 0.15) is 13.8 Å². The molecule has 0 heterocycles. The summed E-state index contributed by atoms with van der Waals surface area (Å²) in [6, 6.07) is 0. The van der Waals surface area contributed by atoms with E-state index in [0.29, 0.717) is 13.2 Å². The molecule has 5 nitrogen and oxygen atoms in total. The van der Waals surface area contributed by atoms with Gasteiger partial charge in [0.1, 0.15) is 6.54 Å². The summed E-state index contributed by atoms with van der Waals surface area (Å²) in [6.07, 6.45) is 0. The van der Waals surface area contributed by atoms with Crippen molar-refractivity contribution >= 4 is 11.9 Å². The molecule has 5 heteroatoms. The number of esters is 1. The van der Waals surface area contributed by atoms with Gasteiger partial charge in [-0.25, -0.2) is 0 Å². The van der Waals surface area contributed by atoms with Crippen molar-refractivity contribution < 1.29 is 14.3 Å². The fourth-order valence-electron chi connectivity index (χ4n) is 0.944. The monoisotopic (exact) mass is 202 g/mol. The molecule has 0 saturated carbocycles. The summed E-state index contributed by atoms with van der Waals surface area (Å²) < 4.78 is 4.66. The van der Waals surface area contributed by atoms with Crippen LogP contribution in [-0.2, 0) is 14.3 Å². The molecular weight excluding hydrogens is 184 g/mol. The Morgan fingerprint density at radius 2 is 2.07 bits per heavy atom. The molecule has 0 aromatic carbocycles. The van der Waals surface area contributed by atoms with Crippen LogP contribution in [0.5, 0.6) is 0 Å². The molecule has 0 aromatic heterocycles. The van der Waals surface area contributed by atoms with Gasteiger partial charge >= 0.3 is 5.97 Å². The number of hydrogen-bond donors (Lipinski definition) is 2. The molecule has 14 heavy (non-hydrogen) atoms. The van der Waals surface area contributed by atoms with Crippen LogP contribution in [0.2, 0.25) is 0 Å². The van der Waals surface area contributed by atoms with E-state index < -0.39 is 5.97 Å². The second-order valence-corrected chi connectivity index (χ2v) is 2.98. The van der Waals surface area contributed by atoms with Crippen LogP contribution < -0.4 is 10.6 Å². The molecular formula is C9H18N2O3. The van der Waals surface area contributed by atoms with E-state index in [0.717, 1.165) is 0 Å². The van der Waals surface area contributed by atoms with Gasteiger partial charge in [-0.05, 0) is 14.0 Å². The molecule has 0 aliphatic heterocycles. The first-order chi connectivity index (χ1) is 6.61. The highest BCUT2D eigenvalue weighted by molar-refractivity contribution is 5.83. The summed E-state index contributed by atoms with van der Waals surface area (Å²) in [6.45, 7) is 4.39. The van der Waals surface area contributed by atoms with Crippen molar-refractivity contribution in [2.75, 3.05) is 26.7 Å². The Labute approximate surface area is 84.2 Å². The predicted molar refractivity (Wildman–Crippen MR) is 52.7 cm³/mol. The van der Waals surface area contributed by atoms with Gasteiger partial charge in [-0.2, -0.15) is 0 Å². The van der Waals surface area contributed by atoms with Gasteiger partial charge in [0.2, 0.25) is 5.91 Å². The van der Waals surface area contributed by atoms with Crippen molar-refractivity contribution in [2.45, 2.75) is 13.8 Å². The number of rotatable bonds is 6. The van der Waals surface area contributed by atoms with Gasteiger partial charge in [0.05, 0.1) is 6.61 Å². The van der Waals surface area contributed by atoms with Crippen molar-refractivity contribution in [3.8, 4) is 0 Å². The van der Waals surface area contributed by atoms with Crippen LogP contribution in [-0.4, -0.2) is 38.6 Å². The molecule has 1 unspecified atom stereocenters. The zero-order chi connectivity index (χ0) is 11.0. The molecule has 1 amide bonds. The molecule has 1 atom stereocenters. The SMILES string of the molecule is CCOC(=O)CNC(=O)C(C)CNC. The summed E-state index contributed by atoms with van der Waals surface area (Å²) >= 11 is 0. The maximum absolute atomic E-state index is 11.3. The summed E-state index contributed by atoms with van der Waals surface area (Å²) in [7, 11) is 1.77. The summed E-state index contributed by atoms with van der Waals surface area (Å²) in [5.41, 5.74) is 0. The lowest BCUT2D eigenvalue weighted by Gasteiger charge is -2.10. The largest absolute Gasteiger partial charge is 0.465 e. The van der Waals surface area contributed by atoms with E-state index in [1.165, 1.54) is 0 Å². The van der Waals surface area contributed by atoms with Crippen molar-refractivity contribution in [3.63, 3.8) is 0 Å². The molecule has 82 valence electrons. The fraction of sp³-hybridized carbons (Fsp3) is 0.778. The van der Waals surface area contributed by atoms with Gasteiger partial charge in [0, 0.05) is 12.5 Å². The van der Waals surface area contributed by atoms with E-state index in [1.54, 1.807) is 20.9 Å². The zero-order valence-corrected chi connectivity index (χ0v) is 8.92. The minimum Gasteiger partial charge on any atom is -0.465 e. The topological polar surface area (TPSA) is 67.4 Å². The second-order valence-electron chi connectivity index (χ2n) is 2.98. The first-order valence-corrected chi connectivity index (χ1v) is 4.69. The summed E-state index contributed by atoms with van der Waals surface area (Å²) in [5.74, 6) is -0.695. The van der Waals surface area contributed by atoms with E-state index in [2.05, 4.69) is 15.4 Å². The first kappa shape index (κ1) is 12.9. The van der Waals surface area contributed by atoms with Crippen molar-refractivity contribution in [1.82, 2.24) is 10.6 Å². The van der Waals surface area contributed by atoms with Crippen molar-refractivity contribution in [1.29, 1.82) is 0 Å². The van der Waals surface area contributed by atoms with Gasteiger partial charge in [-0.1, -0.05) is 6.92 Å². The highest BCUT2D eigenvalue weighted by Gasteiger charge is 2.12. The van der Waals surface area contributed by atoms with E-state index in [4.69, 9.17) is 0 Å². The number of hydrogen-bond acceptors (Lipinski definition) is 4. The third kappa shape index (κ3) is 5.53. The lowest BCUT2D eigenvalue weighted by atomic mass is 10.1. The quantitative estimate of drug-likeness (QED) is 0.571. The van der Waals surface area contributed by atoms with E-state index in [9.17, 15) is 9.59 Å². The molecule has 0 aliphatic carbocycles. The Morgan fingerprint density at radius 1 is 1.43 bits per heavy atom. The highest BCUT2D eigenvalue weighted by Crippen LogP contribution is 1.91. The van der Waals surface area contributed by atoms with E-state index in [-0.39, 0.29) is 18.4 Å². The van der Waals surface area contributed by atoms with Crippen LogP contribution in [0, 0.1) is 5.92 Å². The molecule has 0 radical (unpaired) electrons. The minimum absolute atomic E-state index is 0.0548. The normalized spacial score (nSPS) is 11.9. The average Bonchev–Trinajstić information content (AvgIpc) is 2.15. The first-order valence-electron chi connectivity index (χ1n) is 4.69. The average molecular weight is 202 g/mol. The van der Waals surface area contributed by atoms with Gasteiger partial charge in [0.25, 0.3) is 0 Å². The van der Waals surface area contributed by atoms with Crippen LogP contribution in [0.3, 0.4) is 0 Å². The number of carbonyl (C=O) groups is 2. The molecule has 0 rings (SSSR count). The number of ether oxygens (including phenoxy) is 1. The van der Waals surface area contributed by atoms with Gasteiger partial charge < -0.3 is 15.4 Å². The van der Waals surface area contributed by atoms with Crippen molar-refractivity contribution in [3.05, 3.63) is 0 Å². The van der Waals surface area contributed by atoms with E-state index in [1.807, 2.05) is 0 Å². The van der Waals surface area contributed by atoms with Gasteiger partial charge in [0.15, 0.2) is 0 Å². The van der Waals surface area contributed by atoms with Crippen LogP contribution in [0.15, 0.2) is 0 Å². The van der Waals surface area contributed by atoms with Crippen LogP contribution >= 0.6 is 0 Å². The maximum Gasteiger partial charge on any atom is 0.325 e. The maximum atomic E-state index is 11.3. The second kappa shape index (κ2) is 7.32. The van der Waals surface area contributed by atoms with Crippen LogP contribution in [0.25, 0.3) is 0 Å². The Kier molecular flexibility index (Phi) is 6.74. The molecule has 0 aliphatic rings. The van der Waals surface area contributed by atoms with E-state index >= 15 is 0 Å². The number of nitrogens with one attached hydrogen (secondary N) is 2. The smallest absolute Gasteiger partial charge is 0.325 e. The van der Waals surface area contributed by atoms with Crippen LogP contribution in [0.4, 0.5) is 0 Å². The third-order valence-electron chi connectivity index (χ3n) is 1.67. The summed E-state index contributed by atoms with van der Waals surface area (Å²) in [4.78, 5) is 22.2. The Bertz CT molecular complexity index is 194. The molecule has 0 fully saturated rings. The minimum atomic E-state index is -0.405. The van der Waals surface area contributed by atoms with Crippen molar-refractivity contribution in [2.24, 2.45) is 5.92 Å². The Hall–Kier alpha value is -1.10. The van der Waals surface area contributed by atoms with Gasteiger partial charge in [-0.15, -0.1) is 0 Å². The molecule has 2 N–H and O–H groups in total. The zero-order valence-electron chi connectivity index (χ0n) is 8.92. The molecule has 0 saturated heterocycles. The molecule has 0 bridgehead atoms. The number of carbonyl (C=O) groups excluding carboxylic acids is 2. The Morgan fingerprint density at radius 3 is 2.57 bits per heavy atom. The van der Waals surface area contributed by atoms with Gasteiger partial charge in [-0.3, -0.25) is 9.59 Å². The fourth-order valence-corrected chi connectivity index (χ4v) is 0.944. The number of amides is 1. The standard InChI is InChI=1S/C9H18N2O3/c1-4-14-8(12)6-11-9(13)7(2)5-10-3/h7,10H,4-6H2,1-3H3,(H,11,13). The lowest BCUT2D eigenvalue weighted by Crippen LogP contribution is -2.37. The predicted octanol–water partition coefficient (Wildman–Crippen LogP) is -0.479. The molecule has 0 spiro atoms. The molecule has 0 aromatic rings. The summed E-state index contributed by atoms with van der Waals surface area (Å²) in [5, 5.41) is 5.38. The third-order valence-corrected chi connectivity index (χ3v) is 1.67.